The third-order valence-electron chi connectivity index (χ3n) is 5.20. The largest absolute Gasteiger partial charge is 0.493 e. The Morgan fingerprint density at radius 1 is 1.00 bits per heavy atom. The van der Waals surface area contributed by atoms with E-state index in [1.807, 2.05) is 18.2 Å². The molecule has 7 heteroatoms. The van der Waals surface area contributed by atoms with E-state index in [2.05, 4.69) is 5.32 Å². The van der Waals surface area contributed by atoms with Crippen LogP contribution < -0.4 is 29.0 Å². The van der Waals surface area contributed by atoms with E-state index in [-0.39, 0.29) is 18.7 Å². The third kappa shape index (κ3) is 2.87. The fourth-order valence-corrected chi connectivity index (χ4v) is 4.02. The van der Waals surface area contributed by atoms with Crippen LogP contribution in [0.4, 0.5) is 0 Å². The van der Waals surface area contributed by atoms with Gasteiger partial charge in [-0.05, 0) is 47.7 Å². The van der Waals surface area contributed by atoms with Gasteiger partial charge in [0.25, 0.3) is 0 Å². The Morgan fingerprint density at radius 3 is 2.36 bits per heavy atom. The van der Waals surface area contributed by atoms with E-state index in [0.29, 0.717) is 41.6 Å². The number of nitrogens with one attached hydrogen (secondary N) is 1. The molecule has 2 aliphatic rings. The van der Waals surface area contributed by atoms with Gasteiger partial charge in [-0.15, -0.1) is 0 Å². The Balaban J connectivity index is 1.99. The van der Waals surface area contributed by atoms with E-state index >= 15 is 0 Å². The standard InChI is InChI=1S/C21H23NO6/c1-11(23)22-16-6-5-12-13(8-19(24-2)21(26-4)20(12)25-3)14-7-17-18(9-15(14)16)28-10-27-17/h7-9,16H,5-6,10H2,1-4H3,(H,22,23)/t16-/m0/s1. The fourth-order valence-electron chi connectivity index (χ4n) is 4.02. The van der Waals surface area contributed by atoms with Gasteiger partial charge in [-0.25, -0.2) is 0 Å². The van der Waals surface area contributed by atoms with Crippen molar-refractivity contribution in [3.05, 3.63) is 29.3 Å². The molecule has 0 fully saturated rings. The maximum Gasteiger partial charge on any atom is 0.231 e. The summed E-state index contributed by atoms with van der Waals surface area (Å²) in [5.74, 6) is 3.07. The van der Waals surface area contributed by atoms with E-state index < -0.39 is 0 Å². The average molecular weight is 385 g/mol. The number of benzene rings is 2. The van der Waals surface area contributed by atoms with Crippen molar-refractivity contribution < 1.29 is 28.5 Å². The predicted molar refractivity (Wildman–Crippen MR) is 103 cm³/mol. The molecule has 1 amide bonds. The van der Waals surface area contributed by atoms with Gasteiger partial charge >= 0.3 is 0 Å². The summed E-state index contributed by atoms with van der Waals surface area (Å²) in [6, 6.07) is 5.71. The molecule has 7 nitrogen and oxygen atoms in total. The van der Waals surface area contributed by atoms with E-state index in [4.69, 9.17) is 23.7 Å². The van der Waals surface area contributed by atoms with Gasteiger partial charge in [0, 0.05) is 12.5 Å². The lowest BCUT2D eigenvalue weighted by Gasteiger charge is -2.20. The molecule has 0 saturated heterocycles. The molecule has 0 unspecified atom stereocenters. The zero-order chi connectivity index (χ0) is 19.8. The first-order valence-corrected chi connectivity index (χ1v) is 9.10. The minimum Gasteiger partial charge on any atom is -0.493 e. The van der Waals surface area contributed by atoms with E-state index in [1.165, 1.54) is 6.92 Å². The fraction of sp³-hybridized carbons (Fsp3) is 0.381. The summed E-state index contributed by atoms with van der Waals surface area (Å²) >= 11 is 0. The topological polar surface area (TPSA) is 75.2 Å². The van der Waals surface area contributed by atoms with Gasteiger partial charge in [-0.2, -0.15) is 0 Å². The zero-order valence-corrected chi connectivity index (χ0v) is 16.4. The first-order valence-electron chi connectivity index (χ1n) is 9.10. The monoisotopic (exact) mass is 385 g/mol. The molecule has 0 saturated carbocycles. The summed E-state index contributed by atoms with van der Waals surface area (Å²) in [5, 5.41) is 3.06. The minimum atomic E-state index is -0.156. The van der Waals surface area contributed by atoms with Gasteiger partial charge in [0.15, 0.2) is 23.0 Å². The molecule has 2 aromatic carbocycles. The summed E-state index contributed by atoms with van der Waals surface area (Å²) in [6.45, 7) is 1.71. The highest BCUT2D eigenvalue weighted by Gasteiger charge is 2.31. The lowest BCUT2D eigenvalue weighted by molar-refractivity contribution is -0.119. The maximum absolute atomic E-state index is 11.8. The summed E-state index contributed by atoms with van der Waals surface area (Å²) in [7, 11) is 4.81. The van der Waals surface area contributed by atoms with Crippen LogP contribution in [0.3, 0.4) is 0 Å². The van der Waals surface area contributed by atoms with Crippen molar-refractivity contribution in [1.29, 1.82) is 0 Å². The van der Waals surface area contributed by atoms with Crippen molar-refractivity contribution in [2.45, 2.75) is 25.8 Å². The molecule has 4 rings (SSSR count). The lowest BCUT2D eigenvalue weighted by atomic mass is 9.93. The van der Waals surface area contributed by atoms with Crippen LogP contribution >= 0.6 is 0 Å². The number of hydrogen-bond donors (Lipinski definition) is 1. The molecule has 0 bridgehead atoms. The van der Waals surface area contributed by atoms with Crippen LogP contribution in [0.5, 0.6) is 28.7 Å². The number of amides is 1. The van der Waals surface area contributed by atoms with Crippen molar-refractivity contribution in [1.82, 2.24) is 5.32 Å². The molecule has 1 N–H and O–H groups in total. The molecule has 0 spiro atoms. The summed E-state index contributed by atoms with van der Waals surface area (Å²) in [6.07, 6.45) is 1.41. The molecule has 28 heavy (non-hydrogen) atoms. The molecule has 0 aromatic heterocycles. The molecular formula is C21H23NO6. The van der Waals surface area contributed by atoms with Gasteiger partial charge < -0.3 is 29.0 Å². The lowest BCUT2D eigenvalue weighted by Crippen LogP contribution is -2.26. The second-order valence-electron chi connectivity index (χ2n) is 6.76. The van der Waals surface area contributed by atoms with Crippen LogP contribution in [0.1, 0.15) is 30.5 Å². The molecule has 1 atom stereocenters. The van der Waals surface area contributed by atoms with E-state index in [9.17, 15) is 4.79 Å². The minimum absolute atomic E-state index is 0.0818. The van der Waals surface area contributed by atoms with Crippen molar-refractivity contribution in [2.24, 2.45) is 0 Å². The second kappa shape index (κ2) is 7.14. The number of hydrogen-bond acceptors (Lipinski definition) is 6. The third-order valence-corrected chi connectivity index (χ3v) is 5.20. The number of methoxy groups -OCH3 is 3. The van der Waals surface area contributed by atoms with Crippen LogP contribution in [0.2, 0.25) is 0 Å². The Bertz CT molecular complexity index is 939. The van der Waals surface area contributed by atoms with Gasteiger partial charge in [0.1, 0.15) is 0 Å². The summed E-state index contributed by atoms with van der Waals surface area (Å²) in [4.78, 5) is 11.8. The van der Waals surface area contributed by atoms with Crippen LogP contribution in [-0.4, -0.2) is 34.0 Å². The SMILES string of the molecule is COc1cc2c(c(OC)c1OC)CC[C@H](NC(C)=O)c1cc3c(cc1-2)OCO3. The van der Waals surface area contributed by atoms with Gasteiger partial charge in [0.05, 0.1) is 27.4 Å². The molecule has 1 aliphatic carbocycles. The van der Waals surface area contributed by atoms with Crippen molar-refractivity contribution >= 4 is 5.91 Å². The Labute approximate surface area is 163 Å². The highest BCUT2D eigenvalue weighted by molar-refractivity contribution is 5.82. The molecule has 1 heterocycles. The quantitative estimate of drug-likeness (QED) is 0.871. The number of rotatable bonds is 4. The summed E-state index contributed by atoms with van der Waals surface area (Å²) in [5.41, 5.74) is 3.91. The molecule has 2 aromatic rings. The van der Waals surface area contributed by atoms with Crippen LogP contribution in [0.25, 0.3) is 11.1 Å². The predicted octanol–water partition coefficient (Wildman–Crippen LogP) is 3.23. The molecular weight excluding hydrogens is 362 g/mol. The molecule has 148 valence electrons. The first-order chi connectivity index (χ1) is 13.6. The number of fused-ring (bicyclic) bond motifs is 4. The van der Waals surface area contributed by atoms with Crippen molar-refractivity contribution in [3.8, 4) is 39.9 Å². The van der Waals surface area contributed by atoms with Crippen molar-refractivity contribution in [3.63, 3.8) is 0 Å². The smallest absolute Gasteiger partial charge is 0.231 e. The number of carbonyl (C=O) groups is 1. The Morgan fingerprint density at radius 2 is 1.71 bits per heavy atom. The Kier molecular flexibility index (Phi) is 4.66. The highest BCUT2D eigenvalue weighted by Crippen LogP contribution is 2.51. The molecule has 0 radical (unpaired) electrons. The number of carbonyl (C=O) groups excluding carboxylic acids is 1. The zero-order valence-electron chi connectivity index (χ0n) is 16.4. The van der Waals surface area contributed by atoms with Gasteiger partial charge in [0.2, 0.25) is 18.4 Å². The Hall–Kier alpha value is -3.09. The van der Waals surface area contributed by atoms with E-state index in [1.54, 1.807) is 21.3 Å². The normalized spacial score (nSPS) is 16.5. The van der Waals surface area contributed by atoms with E-state index in [0.717, 1.165) is 22.3 Å². The van der Waals surface area contributed by atoms with Gasteiger partial charge in [-0.1, -0.05) is 0 Å². The van der Waals surface area contributed by atoms with Crippen molar-refractivity contribution in [2.75, 3.05) is 28.1 Å². The number of ether oxygens (including phenoxy) is 5. The van der Waals surface area contributed by atoms with Gasteiger partial charge in [-0.3, -0.25) is 4.79 Å². The highest BCUT2D eigenvalue weighted by atomic mass is 16.7. The summed E-state index contributed by atoms with van der Waals surface area (Å²) < 4.78 is 28.0. The second-order valence-corrected chi connectivity index (χ2v) is 6.76. The first kappa shape index (κ1) is 18.3. The van der Waals surface area contributed by atoms with Crippen LogP contribution in [0.15, 0.2) is 18.2 Å². The van der Waals surface area contributed by atoms with Crippen LogP contribution in [0, 0.1) is 0 Å². The average Bonchev–Trinajstić information content (AvgIpc) is 3.10. The van der Waals surface area contributed by atoms with Crippen LogP contribution in [-0.2, 0) is 11.2 Å². The maximum atomic E-state index is 11.8. The molecule has 1 aliphatic heterocycles.